The molecule has 0 aliphatic carbocycles. The van der Waals surface area contributed by atoms with Gasteiger partial charge >= 0.3 is 0 Å². The van der Waals surface area contributed by atoms with Crippen LogP contribution in [-0.2, 0) is 0 Å². The van der Waals surface area contributed by atoms with Gasteiger partial charge in [-0.2, -0.15) is 0 Å². The van der Waals surface area contributed by atoms with Crippen molar-refractivity contribution in [3.05, 3.63) is 212 Å². The highest BCUT2D eigenvalue weighted by atomic mass is 16.3. The minimum absolute atomic E-state index is 0.622. The van der Waals surface area contributed by atoms with Gasteiger partial charge in [0, 0.05) is 27.5 Å². The SMILES string of the molecule is c1ccc(-c2ccc(-c3nc(-c4ccccc4)nc(-c4cccc(-c5ccc(-c6cccc(-c7ccc8nc9ccc%10c%11ccccc%11oc%10c9nc8c7)c6)cc5)c4)n3)cc2)cc1. The van der Waals surface area contributed by atoms with Crippen molar-refractivity contribution in [1.29, 1.82) is 0 Å². The molecule has 0 fully saturated rings. The Morgan fingerprint density at radius 2 is 0.698 bits per heavy atom. The quantitative estimate of drug-likeness (QED) is 0.149. The van der Waals surface area contributed by atoms with Crippen molar-refractivity contribution in [1.82, 2.24) is 24.9 Å². The van der Waals surface area contributed by atoms with Crippen LogP contribution >= 0.6 is 0 Å². The molecule has 0 saturated heterocycles. The van der Waals surface area contributed by atoms with Crippen LogP contribution < -0.4 is 0 Å². The van der Waals surface area contributed by atoms with Crippen LogP contribution in [-0.4, -0.2) is 24.9 Å². The number of aromatic nitrogens is 5. The largest absolute Gasteiger partial charge is 0.454 e. The van der Waals surface area contributed by atoms with E-state index in [0.29, 0.717) is 17.5 Å². The molecule has 0 atom stereocenters. The number of fused-ring (bicyclic) bond motifs is 6. The molecule has 3 aromatic heterocycles. The molecule has 3 heterocycles. The van der Waals surface area contributed by atoms with Crippen molar-refractivity contribution < 1.29 is 4.42 Å². The standard InChI is InChI=1S/C57H35N5O/c1-3-11-36(12-4-1)37-25-27-41(28-26-37)56-60-55(40-13-5-2-6-14-40)61-57(62-56)46-18-10-16-43(34-46)39-23-21-38(22-24-39)42-15-9-17-44(33-42)45-29-31-49-51(35-45)59-53-50(58-49)32-30-48-47-19-7-8-20-52(47)63-54(48)53/h1-35H. The molecule has 0 unspecified atom stereocenters. The van der Waals surface area contributed by atoms with Gasteiger partial charge in [-0.1, -0.05) is 170 Å². The molecule has 6 heteroatoms. The summed E-state index contributed by atoms with van der Waals surface area (Å²) in [7, 11) is 0. The first-order chi connectivity index (χ1) is 31.2. The zero-order chi connectivity index (χ0) is 41.7. The summed E-state index contributed by atoms with van der Waals surface area (Å²) in [5.41, 5.74) is 16.6. The molecule has 6 nitrogen and oxygen atoms in total. The predicted molar refractivity (Wildman–Crippen MR) is 256 cm³/mol. The number of para-hydroxylation sites is 1. The third-order valence-electron chi connectivity index (χ3n) is 11.7. The third-order valence-corrected chi connectivity index (χ3v) is 11.7. The van der Waals surface area contributed by atoms with E-state index in [1.807, 2.05) is 60.7 Å². The second-order valence-corrected chi connectivity index (χ2v) is 15.7. The van der Waals surface area contributed by atoms with E-state index in [2.05, 4.69) is 152 Å². The van der Waals surface area contributed by atoms with Crippen molar-refractivity contribution in [2.45, 2.75) is 0 Å². The van der Waals surface area contributed by atoms with Crippen molar-refractivity contribution in [2.24, 2.45) is 0 Å². The summed E-state index contributed by atoms with van der Waals surface area (Å²) in [4.78, 5) is 25.1. The maximum absolute atomic E-state index is 6.30. The van der Waals surface area contributed by atoms with E-state index in [1.165, 1.54) is 5.56 Å². The lowest BCUT2D eigenvalue weighted by molar-refractivity contribution is 0.671. The molecule has 294 valence electrons. The van der Waals surface area contributed by atoms with Crippen LogP contribution in [0, 0.1) is 0 Å². The van der Waals surface area contributed by atoms with E-state index in [9.17, 15) is 0 Å². The highest BCUT2D eigenvalue weighted by Crippen LogP contribution is 2.36. The van der Waals surface area contributed by atoms with Gasteiger partial charge in [0.15, 0.2) is 23.1 Å². The Hall–Kier alpha value is -8.61. The average molecular weight is 806 g/mol. The molecule has 0 aliphatic rings. The molecule has 0 amide bonds. The van der Waals surface area contributed by atoms with Crippen LogP contribution in [0.4, 0.5) is 0 Å². The van der Waals surface area contributed by atoms with Gasteiger partial charge in [-0.3, -0.25) is 0 Å². The fraction of sp³-hybridized carbons (Fsp3) is 0. The van der Waals surface area contributed by atoms with Crippen LogP contribution in [0.1, 0.15) is 0 Å². The molecule has 63 heavy (non-hydrogen) atoms. The van der Waals surface area contributed by atoms with Crippen LogP contribution in [0.2, 0.25) is 0 Å². The van der Waals surface area contributed by atoms with E-state index in [-0.39, 0.29) is 0 Å². The van der Waals surface area contributed by atoms with Crippen LogP contribution in [0.3, 0.4) is 0 Å². The van der Waals surface area contributed by atoms with Gasteiger partial charge in [0.2, 0.25) is 0 Å². The van der Waals surface area contributed by atoms with Crippen molar-refractivity contribution >= 4 is 44.0 Å². The Morgan fingerprint density at radius 1 is 0.254 bits per heavy atom. The number of furan rings is 1. The fourth-order valence-electron chi connectivity index (χ4n) is 8.46. The summed E-state index contributed by atoms with van der Waals surface area (Å²) in [5.74, 6) is 1.88. The molecule has 12 rings (SSSR count). The Morgan fingerprint density at radius 3 is 1.38 bits per heavy atom. The summed E-state index contributed by atoms with van der Waals surface area (Å²) in [6, 6.07) is 73.2. The zero-order valence-corrected chi connectivity index (χ0v) is 33.9. The topological polar surface area (TPSA) is 77.6 Å². The van der Waals surface area contributed by atoms with Gasteiger partial charge in [-0.05, 0) is 87.0 Å². The average Bonchev–Trinajstić information content (AvgIpc) is 3.75. The molecule has 0 aliphatic heterocycles. The molecule has 0 radical (unpaired) electrons. The molecule has 9 aromatic carbocycles. The summed E-state index contributed by atoms with van der Waals surface area (Å²) >= 11 is 0. The minimum atomic E-state index is 0.622. The van der Waals surface area contributed by atoms with Crippen molar-refractivity contribution in [2.75, 3.05) is 0 Å². The third kappa shape index (κ3) is 6.76. The first kappa shape index (κ1) is 36.3. The Kier molecular flexibility index (Phi) is 8.71. The van der Waals surface area contributed by atoms with Gasteiger partial charge in [0.05, 0.1) is 16.6 Å². The number of hydrogen-bond donors (Lipinski definition) is 0. The number of rotatable bonds is 7. The van der Waals surface area contributed by atoms with E-state index >= 15 is 0 Å². The maximum atomic E-state index is 6.30. The van der Waals surface area contributed by atoms with Gasteiger partial charge in [-0.15, -0.1) is 0 Å². The monoisotopic (exact) mass is 805 g/mol. The smallest absolute Gasteiger partial charge is 0.164 e. The molecule has 0 N–H and O–H groups in total. The first-order valence-electron chi connectivity index (χ1n) is 21.0. The molecule has 0 spiro atoms. The lowest BCUT2D eigenvalue weighted by atomic mass is 9.96. The molecule has 0 bridgehead atoms. The summed E-state index contributed by atoms with van der Waals surface area (Å²) in [6.07, 6.45) is 0. The van der Waals surface area contributed by atoms with Crippen molar-refractivity contribution in [3.8, 4) is 78.7 Å². The molecular weight excluding hydrogens is 771 g/mol. The van der Waals surface area contributed by atoms with E-state index < -0.39 is 0 Å². The molecular formula is C57H35N5O. The summed E-state index contributed by atoms with van der Waals surface area (Å²) in [5, 5.41) is 2.13. The molecule has 12 aromatic rings. The van der Waals surface area contributed by atoms with Crippen LogP contribution in [0.25, 0.3) is 123 Å². The van der Waals surface area contributed by atoms with Gasteiger partial charge in [0.1, 0.15) is 11.1 Å². The second-order valence-electron chi connectivity index (χ2n) is 15.7. The number of hydrogen-bond acceptors (Lipinski definition) is 6. The normalized spacial score (nSPS) is 11.5. The van der Waals surface area contributed by atoms with E-state index in [0.717, 1.165) is 99.6 Å². The lowest BCUT2D eigenvalue weighted by Gasteiger charge is -2.11. The number of benzene rings is 9. The zero-order valence-electron chi connectivity index (χ0n) is 33.9. The summed E-state index contributed by atoms with van der Waals surface area (Å²) in [6.45, 7) is 0. The van der Waals surface area contributed by atoms with E-state index in [1.54, 1.807) is 0 Å². The second kappa shape index (κ2) is 15.1. The van der Waals surface area contributed by atoms with Crippen molar-refractivity contribution in [3.63, 3.8) is 0 Å². The number of nitrogens with zero attached hydrogens (tertiary/aromatic N) is 5. The highest BCUT2D eigenvalue weighted by Gasteiger charge is 2.16. The predicted octanol–water partition coefficient (Wildman–Crippen LogP) is 14.5. The van der Waals surface area contributed by atoms with Crippen LogP contribution in [0.5, 0.6) is 0 Å². The van der Waals surface area contributed by atoms with Gasteiger partial charge < -0.3 is 4.42 Å². The van der Waals surface area contributed by atoms with E-state index in [4.69, 9.17) is 29.3 Å². The highest BCUT2D eigenvalue weighted by molar-refractivity contribution is 6.14. The van der Waals surface area contributed by atoms with Gasteiger partial charge in [-0.25, -0.2) is 24.9 Å². The Bertz CT molecular complexity index is 3660. The van der Waals surface area contributed by atoms with Crippen LogP contribution in [0.15, 0.2) is 217 Å². The minimum Gasteiger partial charge on any atom is -0.454 e. The Labute approximate surface area is 362 Å². The Balaban J connectivity index is 0.845. The summed E-state index contributed by atoms with van der Waals surface area (Å²) < 4.78 is 6.30. The fourth-order valence-corrected chi connectivity index (χ4v) is 8.46. The van der Waals surface area contributed by atoms with Gasteiger partial charge in [0.25, 0.3) is 0 Å². The maximum Gasteiger partial charge on any atom is 0.164 e. The lowest BCUT2D eigenvalue weighted by Crippen LogP contribution is -2.00. The first-order valence-corrected chi connectivity index (χ1v) is 21.0. The molecule has 0 saturated carbocycles.